The lowest BCUT2D eigenvalue weighted by molar-refractivity contribution is 1.15. The van der Waals surface area contributed by atoms with Crippen molar-refractivity contribution in [1.29, 1.82) is 0 Å². The molecule has 0 aliphatic rings. The van der Waals surface area contributed by atoms with Gasteiger partial charge >= 0.3 is 0 Å². The Hall–Kier alpha value is -1.37. The number of pyridine rings is 1. The van der Waals surface area contributed by atoms with E-state index in [-0.39, 0.29) is 0 Å². The second-order valence-electron chi connectivity index (χ2n) is 4.67. The van der Waals surface area contributed by atoms with E-state index >= 15 is 0 Å². The predicted octanol–water partition coefficient (Wildman–Crippen LogP) is 3.89. The fourth-order valence-corrected chi connectivity index (χ4v) is 2.23. The van der Waals surface area contributed by atoms with Crippen LogP contribution in [0.5, 0.6) is 0 Å². The van der Waals surface area contributed by atoms with Crippen LogP contribution >= 0.6 is 0 Å². The maximum atomic E-state index is 4.64. The summed E-state index contributed by atoms with van der Waals surface area (Å²) in [5, 5.41) is 1.28. The summed E-state index contributed by atoms with van der Waals surface area (Å²) < 4.78 is 0. The Kier molecular flexibility index (Phi) is 2.49. The Morgan fingerprint density at radius 3 is 1.94 bits per heavy atom. The molecule has 0 N–H and O–H groups in total. The van der Waals surface area contributed by atoms with Crippen LogP contribution in [-0.4, -0.2) is 4.98 Å². The molecule has 0 fully saturated rings. The molecule has 0 spiro atoms. The lowest BCUT2D eigenvalue weighted by Gasteiger charge is -2.14. The van der Waals surface area contributed by atoms with Crippen molar-refractivity contribution in [1.82, 2.24) is 4.98 Å². The molecule has 1 heterocycles. The van der Waals surface area contributed by atoms with E-state index in [4.69, 9.17) is 0 Å². The van der Waals surface area contributed by atoms with Gasteiger partial charge in [0.15, 0.2) is 0 Å². The molecule has 0 unspecified atom stereocenters. The van der Waals surface area contributed by atoms with Crippen molar-refractivity contribution in [3.05, 3.63) is 39.6 Å². The number of hydrogen-bond donors (Lipinski definition) is 0. The molecule has 2 rings (SSSR count). The van der Waals surface area contributed by atoms with Gasteiger partial charge in [0.05, 0.1) is 5.52 Å². The minimum absolute atomic E-state index is 1.02. The van der Waals surface area contributed by atoms with Crippen molar-refractivity contribution in [2.24, 2.45) is 0 Å². The van der Waals surface area contributed by atoms with Crippen molar-refractivity contribution in [3.63, 3.8) is 0 Å². The Labute approximate surface area is 97.5 Å². The number of benzene rings is 1. The zero-order valence-electron chi connectivity index (χ0n) is 10.9. The first-order chi connectivity index (χ1) is 7.43. The second kappa shape index (κ2) is 3.58. The summed E-state index contributed by atoms with van der Waals surface area (Å²) in [6.45, 7) is 12.8. The van der Waals surface area contributed by atoms with Gasteiger partial charge in [-0.05, 0) is 69.4 Å². The predicted molar refractivity (Wildman–Crippen MR) is 69.0 cm³/mol. The number of hydrogen-bond acceptors (Lipinski definition) is 1. The lowest BCUT2D eigenvalue weighted by Crippen LogP contribution is -1.98. The van der Waals surface area contributed by atoms with E-state index in [1.54, 1.807) is 0 Å². The highest BCUT2D eigenvalue weighted by atomic mass is 14.7. The monoisotopic (exact) mass is 212 g/mol. The molecule has 0 atom stereocenters. The van der Waals surface area contributed by atoms with Crippen LogP contribution in [0.1, 0.15) is 33.5 Å². The van der Waals surface area contributed by atoms with E-state index in [0.29, 0.717) is 0 Å². The highest BCUT2D eigenvalue weighted by Gasteiger charge is 2.11. The van der Waals surface area contributed by atoms with Crippen LogP contribution in [-0.2, 0) is 0 Å². The van der Waals surface area contributed by atoms with Crippen LogP contribution in [0.2, 0.25) is 0 Å². The largest absolute Gasteiger partial charge is 0.252 e. The maximum Gasteiger partial charge on any atom is 0.0792 e. The van der Waals surface area contributed by atoms with Gasteiger partial charge in [-0.2, -0.15) is 0 Å². The molecule has 0 aliphatic carbocycles. The molecule has 0 saturated carbocycles. The van der Waals surface area contributed by atoms with Gasteiger partial charge in [0.1, 0.15) is 0 Å². The van der Waals surface area contributed by atoms with Crippen LogP contribution in [0.15, 0.2) is 0 Å². The summed E-state index contributed by atoms with van der Waals surface area (Å²) >= 11 is 0. The normalized spacial score (nSPS) is 11.1. The summed E-state index contributed by atoms with van der Waals surface area (Å²) in [4.78, 5) is 4.64. The first kappa shape index (κ1) is 11.1. The second-order valence-corrected chi connectivity index (χ2v) is 4.67. The maximum absolute atomic E-state index is 4.64. The van der Waals surface area contributed by atoms with Crippen LogP contribution in [0, 0.1) is 47.6 Å². The molecule has 1 radical (unpaired) electrons. The first-order valence-electron chi connectivity index (χ1n) is 5.70. The zero-order valence-corrected chi connectivity index (χ0v) is 10.9. The standard InChI is InChI=1S/C15H18N/c1-8-7-14-15(11(4)9(8)2)12(5)10(3)13(6)16-14/h1-6H3. The van der Waals surface area contributed by atoms with E-state index in [1.807, 2.05) is 0 Å². The first-order valence-corrected chi connectivity index (χ1v) is 5.70. The fraction of sp³-hybridized carbons (Fsp3) is 0.400. The Bertz CT molecular complexity index is 531. The molecule has 83 valence electrons. The topological polar surface area (TPSA) is 12.9 Å². The zero-order chi connectivity index (χ0) is 12.0. The highest BCUT2D eigenvalue weighted by molar-refractivity contribution is 5.88. The van der Waals surface area contributed by atoms with Crippen LogP contribution in [0.4, 0.5) is 0 Å². The van der Waals surface area contributed by atoms with Gasteiger partial charge < -0.3 is 0 Å². The van der Waals surface area contributed by atoms with E-state index < -0.39 is 0 Å². The number of nitrogens with zero attached hydrogens (tertiary/aromatic N) is 1. The molecule has 1 aromatic heterocycles. The number of fused-ring (bicyclic) bond motifs is 1. The summed E-state index contributed by atoms with van der Waals surface area (Å²) in [7, 11) is 0. The summed E-state index contributed by atoms with van der Waals surface area (Å²) in [6, 6.07) is 3.40. The van der Waals surface area contributed by atoms with Gasteiger partial charge in [0.2, 0.25) is 0 Å². The highest BCUT2D eigenvalue weighted by Crippen LogP contribution is 2.28. The summed E-state index contributed by atoms with van der Waals surface area (Å²) in [5.74, 6) is 0. The van der Waals surface area contributed by atoms with Crippen LogP contribution < -0.4 is 0 Å². The number of rotatable bonds is 0. The van der Waals surface area contributed by atoms with Gasteiger partial charge in [-0.3, -0.25) is 4.98 Å². The average molecular weight is 212 g/mol. The molecular formula is C15H18N. The van der Waals surface area contributed by atoms with E-state index in [1.165, 1.54) is 33.2 Å². The number of aryl methyl sites for hydroxylation is 4. The van der Waals surface area contributed by atoms with Crippen LogP contribution in [0.25, 0.3) is 10.9 Å². The fourth-order valence-electron chi connectivity index (χ4n) is 2.23. The molecule has 1 nitrogen and oxygen atoms in total. The van der Waals surface area contributed by atoms with Crippen LogP contribution in [0.3, 0.4) is 0 Å². The lowest BCUT2D eigenvalue weighted by atomic mass is 9.94. The number of aromatic nitrogens is 1. The smallest absolute Gasteiger partial charge is 0.0792 e. The van der Waals surface area contributed by atoms with Gasteiger partial charge in [-0.25, -0.2) is 0 Å². The van der Waals surface area contributed by atoms with Crippen molar-refractivity contribution in [3.8, 4) is 0 Å². The molecule has 0 saturated heterocycles. The van der Waals surface area contributed by atoms with Gasteiger partial charge in [-0.15, -0.1) is 0 Å². The molecule has 0 amide bonds. The van der Waals surface area contributed by atoms with E-state index in [9.17, 15) is 0 Å². The van der Waals surface area contributed by atoms with Crippen molar-refractivity contribution >= 4 is 10.9 Å². The molecular weight excluding hydrogens is 194 g/mol. The van der Waals surface area contributed by atoms with E-state index in [2.05, 4.69) is 52.6 Å². The minimum Gasteiger partial charge on any atom is -0.252 e. The Balaban J connectivity index is 3.03. The van der Waals surface area contributed by atoms with Gasteiger partial charge in [0.25, 0.3) is 0 Å². The van der Waals surface area contributed by atoms with Gasteiger partial charge in [-0.1, -0.05) is 0 Å². The molecule has 0 aliphatic heterocycles. The molecule has 2 aromatic rings. The molecule has 1 aromatic carbocycles. The van der Waals surface area contributed by atoms with Gasteiger partial charge in [0, 0.05) is 17.1 Å². The summed E-state index contributed by atoms with van der Waals surface area (Å²) in [6.07, 6.45) is 0. The van der Waals surface area contributed by atoms with Crippen molar-refractivity contribution < 1.29 is 0 Å². The van der Waals surface area contributed by atoms with E-state index in [0.717, 1.165) is 11.2 Å². The third-order valence-electron chi connectivity index (χ3n) is 3.80. The molecule has 16 heavy (non-hydrogen) atoms. The molecule has 1 heteroatoms. The Morgan fingerprint density at radius 1 is 0.750 bits per heavy atom. The van der Waals surface area contributed by atoms with Crippen molar-refractivity contribution in [2.75, 3.05) is 0 Å². The van der Waals surface area contributed by atoms with Crippen molar-refractivity contribution in [2.45, 2.75) is 41.5 Å². The molecule has 0 bridgehead atoms. The SMILES string of the molecule is Cc1[c]c2nc(C)c(C)c(C)c2c(C)c1C. The average Bonchev–Trinajstić information content (AvgIpc) is 2.23. The Morgan fingerprint density at radius 2 is 1.31 bits per heavy atom. The quantitative estimate of drug-likeness (QED) is 0.645. The third kappa shape index (κ3) is 1.42. The minimum atomic E-state index is 1.02. The summed E-state index contributed by atoms with van der Waals surface area (Å²) in [5.41, 5.74) is 8.66. The third-order valence-corrected chi connectivity index (χ3v) is 3.80.